The Balaban J connectivity index is 0.00000280. The molecule has 1 radical (unpaired) electrons. The van der Waals surface area contributed by atoms with Gasteiger partial charge in [-0.1, -0.05) is 34.1 Å². The van der Waals surface area contributed by atoms with Crippen LogP contribution in [0.25, 0.3) is 10.8 Å². The molecule has 3 aromatic rings. The molecule has 0 aliphatic carbocycles. The molecule has 10 heteroatoms. The SMILES string of the molecule is COc1ccccc1NC(=O)c1cc2cc(Br)ccc2cc1OP(=O)(O)O.[Na]. The Bertz CT molecular complexity index is 1070. The van der Waals surface area contributed by atoms with Crippen LogP contribution in [0.2, 0.25) is 0 Å². The van der Waals surface area contributed by atoms with Crippen LogP contribution >= 0.6 is 23.8 Å². The summed E-state index contributed by atoms with van der Waals surface area (Å²) < 4.78 is 22.1. The Kier molecular flexibility index (Phi) is 7.70. The number of halogens is 1. The second-order valence-corrected chi connectivity index (χ2v) is 7.66. The van der Waals surface area contributed by atoms with Crippen molar-refractivity contribution in [2.45, 2.75) is 0 Å². The first kappa shape index (κ1) is 22.9. The van der Waals surface area contributed by atoms with Gasteiger partial charge in [-0.2, -0.15) is 0 Å². The average molecular weight is 475 g/mol. The Morgan fingerprint density at radius 1 is 1.04 bits per heavy atom. The van der Waals surface area contributed by atoms with Gasteiger partial charge in [0.25, 0.3) is 5.91 Å². The van der Waals surface area contributed by atoms with Crippen molar-refractivity contribution >= 4 is 75.7 Å². The molecular weight excluding hydrogens is 460 g/mol. The molecule has 0 unspecified atom stereocenters. The number of carbonyl (C=O) groups excluding carboxylic acids is 1. The number of fused-ring (bicyclic) bond motifs is 1. The van der Waals surface area contributed by atoms with Crippen molar-refractivity contribution in [3.05, 3.63) is 64.6 Å². The number of hydrogen-bond acceptors (Lipinski definition) is 4. The molecule has 0 fully saturated rings. The van der Waals surface area contributed by atoms with Gasteiger partial charge in [-0.3, -0.25) is 14.6 Å². The molecule has 28 heavy (non-hydrogen) atoms. The van der Waals surface area contributed by atoms with Crippen LogP contribution in [0.1, 0.15) is 10.4 Å². The van der Waals surface area contributed by atoms with Gasteiger partial charge in [-0.25, -0.2) is 4.57 Å². The molecule has 141 valence electrons. The van der Waals surface area contributed by atoms with Crippen molar-refractivity contribution in [3.63, 3.8) is 0 Å². The molecule has 0 aromatic heterocycles. The molecule has 3 rings (SSSR count). The third-order valence-corrected chi connectivity index (χ3v) is 4.65. The van der Waals surface area contributed by atoms with Gasteiger partial charge < -0.3 is 14.6 Å². The molecule has 0 saturated heterocycles. The maximum absolute atomic E-state index is 12.8. The van der Waals surface area contributed by atoms with E-state index in [0.717, 1.165) is 4.47 Å². The molecule has 7 nitrogen and oxygen atoms in total. The molecule has 0 aliphatic heterocycles. The summed E-state index contributed by atoms with van der Waals surface area (Å²) >= 11 is 3.36. The van der Waals surface area contributed by atoms with Crippen molar-refractivity contribution in [1.82, 2.24) is 0 Å². The summed E-state index contributed by atoms with van der Waals surface area (Å²) in [7, 11) is -3.38. The third-order valence-electron chi connectivity index (χ3n) is 3.72. The minimum atomic E-state index is -4.85. The summed E-state index contributed by atoms with van der Waals surface area (Å²) in [4.78, 5) is 31.2. The molecule has 0 saturated carbocycles. The number of ether oxygens (including phenoxy) is 1. The smallest absolute Gasteiger partial charge is 0.495 e. The molecule has 1 amide bonds. The van der Waals surface area contributed by atoms with Crippen LogP contribution in [-0.4, -0.2) is 52.4 Å². The quantitative estimate of drug-likeness (QED) is 0.382. The standard InChI is InChI=1S/C18H15BrNO6P.Na/c1-25-16-5-3-2-4-15(16)20-18(21)14-9-12-8-13(19)7-6-11(12)10-17(14)26-27(22,23)24;/h2-10H,1H3,(H,20,21)(H2,22,23,24);. The number of hydrogen-bond donors (Lipinski definition) is 3. The minimum absolute atomic E-state index is 0. The first-order valence-corrected chi connectivity index (χ1v) is 10.0. The predicted molar refractivity (Wildman–Crippen MR) is 111 cm³/mol. The fourth-order valence-electron chi connectivity index (χ4n) is 2.57. The van der Waals surface area contributed by atoms with Gasteiger partial charge in [0.05, 0.1) is 18.4 Å². The van der Waals surface area contributed by atoms with Crippen LogP contribution in [0.4, 0.5) is 5.69 Å². The maximum atomic E-state index is 12.8. The monoisotopic (exact) mass is 474 g/mol. The number of anilines is 1. The van der Waals surface area contributed by atoms with Gasteiger partial charge in [0.15, 0.2) is 0 Å². The molecule has 0 heterocycles. The van der Waals surface area contributed by atoms with Crippen LogP contribution in [0, 0.1) is 0 Å². The summed E-state index contributed by atoms with van der Waals surface area (Å²) in [5, 5.41) is 4.04. The van der Waals surface area contributed by atoms with Crippen LogP contribution in [-0.2, 0) is 4.57 Å². The summed E-state index contributed by atoms with van der Waals surface area (Å²) in [5.41, 5.74) is 0.399. The number of methoxy groups -OCH3 is 1. The number of para-hydroxylation sites is 2. The Morgan fingerprint density at radius 3 is 2.43 bits per heavy atom. The van der Waals surface area contributed by atoms with Crippen molar-refractivity contribution in [1.29, 1.82) is 0 Å². The van der Waals surface area contributed by atoms with Gasteiger partial charge >= 0.3 is 7.82 Å². The van der Waals surface area contributed by atoms with Gasteiger partial charge in [-0.05, 0) is 47.2 Å². The van der Waals surface area contributed by atoms with Crippen LogP contribution in [0.3, 0.4) is 0 Å². The fraction of sp³-hybridized carbons (Fsp3) is 0.0556. The summed E-state index contributed by atoms with van der Waals surface area (Å²) in [6, 6.07) is 15.0. The Labute approximate surface area is 191 Å². The molecule has 0 atom stereocenters. The molecule has 3 N–H and O–H groups in total. The number of benzene rings is 3. The van der Waals surface area contributed by atoms with Crippen LogP contribution < -0.4 is 14.6 Å². The van der Waals surface area contributed by atoms with Crippen molar-refractivity contribution < 1.29 is 28.4 Å². The van der Waals surface area contributed by atoms with Crippen molar-refractivity contribution in [2.75, 3.05) is 12.4 Å². The second-order valence-electron chi connectivity index (χ2n) is 5.58. The normalized spacial score (nSPS) is 10.9. The van der Waals surface area contributed by atoms with Crippen LogP contribution in [0.5, 0.6) is 11.5 Å². The zero-order valence-electron chi connectivity index (χ0n) is 15.0. The van der Waals surface area contributed by atoms with Crippen molar-refractivity contribution in [2.24, 2.45) is 0 Å². The van der Waals surface area contributed by atoms with E-state index in [1.165, 1.54) is 19.2 Å². The number of nitrogens with one attached hydrogen (secondary N) is 1. The van der Waals surface area contributed by atoms with Crippen LogP contribution in [0.15, 0.2) is 59.1 Å². The van der Waals surface area contributed by atoms with Gasteiger partial charge in [0.2, 0.25) is 0 Å². The van der Waals surface area contributed by atoms with E-state index in [9.17, 15) is 19.1 Å². The fourth-order valence-corrected chi connectivity index (χ4v) is 3.35. The van der Waals surface area contributed by atoms with E-state index in [1.54, 1.807) is 42.5 Å². The number of carbonyl (C=O) groups is 1. The number of rotatable bonds is 5. The number of phosphoric ester groups is 1. The minimum Gasteiger partial charge on any atom is -0.495 e. The largest absolute Gasteiger partial charge is 0.524 e. The number of phosphoric acid groups is 1. The van der Waals surface area contributed by atoms with E-state index in [4.69, 9.17) is 9.26 Å². The molecule has 0 bridgehead atoms. The predicted octanol–water partition coefficient (Wildman–Crippen LogP) is 3.95. The van der Waals surface area contributed by atoms with Gasteiger partial charge in [-0.15, -0.1) is 0 Å². The van der Waals surface area contributed by atoms with E-state index in [0.29, 0.717) is 22.2 Å². The van der Waals surface area contributed by atoms with E-state index >= 15 is 0 Å². The van der Waals surface area contributed by atoms with E-state index in [2.05, 4.69) is 21.2 Å². The molecule has 0 spiro atoms. The van der Waals surface area contributed by atoms with E-state index < -0.39 is 13.7 Å². The molecule has 0 aliphatic rings. The number of amides is 1. The zero-order valence-corrected chi connectivity index (χ0v) is 19.5. The maximum Gasteiger partial charge on any atom is 0.524 e. The summed E-state index contributed by atoms with van der Waals surface area (Å²) in [6.07, 6.45) is 0. The average Bonchev–Trinajstić information content (AvgIpc) is 2.60. The van der Waals surface area contributed by atoms with Gasteiger partial charge in [0, 0.05) is 34.0 Å². The second kappa shape index (κ2) is 9.41. The molecular formula is C18H15BrNNaO6P. The first-order valence-electron chi connectivity index (χ1n) is 7.69. The van der Waals surface area contributed by atoms with Crippen molar-refractivity contribution in [3.8, 4) is 11.5 Å². The third kappa shape index (κ3) is 5.58. The zero-order chi connectivity index (χ0) is 19.6. The Morgan fingerprint density at radius 2 is 1.75 bits per heavy atom. The first-order chi connectivity index (χ1) is 12.8. The Hall–Kier alpha value is -1.38. The summed E-state index contributed by atoms with van der Waals surface area (Å²) in [6.45, 7) is 0. The van der Waals surface area contributed by atoms with Gasteiger partial charge in [0.1, 0.15) is 11.5 Å². The van der Waals surface area contributed by atoms with E-state index in [1.807, 2.05) is 0 Å². The topological polar surface area (TPSA) is 105 Å². The summed E-state index contributed by atoms with van der Waals surface area (Å²) in [5.74, 6) is -0.359. The molecule has 3 aromatic carbocycles. The van der Waals surface area contributed by atoms with E-state index in [-0.39, 0.29) is 40.9 Å².